The zero-order valence-corrected chi connectivity index (χ0v) is 21.1. The molecule has 1 aliphatic carbocycles. The second kappa shape index (κ2) is 10.9. The molecule has 2 heterocycles. The number of nitrogen functional groups attached to an aromatic ring is 1. The summed E-state index contributed by atoms with van der Waals surface area (Å²) in [5.74, 6) is -1.37. The molecule has 1 aliphatic rings. The van der Waals surface area contributed by atoms with Gasteiger partial charge in [-0.1, -0.05) is 38.8 Å². The third kappa shape index (κ3) is 5.23. The van der Waals surface area contributed by atoms with E-state index in [4.69, 9.17) is 11.5 Å². The van der Waals surface area contributed by atoms with Gasteiger partial charge in [-0.05, 0) is 65.7 Å². The quantitative estimate of drug-likeness (QED) is 0.424. The van der Waals surface area contributed by atoms with Gasteiger partial charge in [-0.15, -0.1) is 0 Å². The fourth-order valence-electron chi connectivity index (χ4n) is 4.46. The van der Waals surface area contributed by atoms with Gasteiger partial charge >= 0.3 is 0 Å². The summed E-state index contributed by atoms with van der Waals surface area (Å²) in [5, 5.41) is 3.13. The maximum atomic E-state index is 14.0. The molecular weight excluding hydrogens is 476 g/mol. The number of rotatable bonds is 8. The van der Waals surface area contributed by atoms with Gasteiger partial charge in [0.15, 0.2) is 5.69 Å². The highest BCUT2D eigenvalue weighted by Crippen LogP contribution is 2.34. The zero-order valence-electron chi connectivity index (χ0n) is 20.3. The van der Waals surface area contributed by atoms with Crippen molar-refractivity contribution >= 4 is 40.6 Å². The highest BCUT2D eigenvalue weighted by atomic mass is 32.1. The summed E-state index contributed by atoms with van der Waals surface area (Å²) in [5.41, 5.74) is 13.5. The lowest BCUT2D eigenvalue weighted by Crippen LogP contribution is -2.46. The summed E-state index contributed by atoms with van der Waals surface area (Å²) in [6.07, 6.45) is 7.07. The van der Waals surface area contributed by atoms with E-state index >= 15 is 0 Å². The van der Waals surface area contributed by atoms with Crippen molar-refractivity contribution in [3.05, 3.63) is 70.5 Å². The van der Waals surface area contributed by atoms with E-state index < -0.39 is 17.9 Å². The minimum atomic E-state index is -0.996. The molecule has 1 aromatic carbocycles. The fraction of sp³-hybridized carbons (Fsp3) is 0.346. The number of carbonyl (C=O) groups is 3. The zero-order chi connectivity index (χ0) is 25.8. The monoisotopic (exact) mass is 506 g/mol. The number of aromatic nitrogens is 2. The number of anilines is 2. The molecule has 2 aromatic heterocycles. The van der Waals surface area contributed by atoms with Crippen LogP contribution in [0.4, 0.5) is 11.4 Å². The average Bonchev–Trinajstić information content (AvgIpc) is 3.52. The summed E-state index contributed by atoms with van der Waals surface area (Å²) in [7, 11) is 0. The molecule has 4 rings (SSSR count). The number of carbonyl (C=O) groups excluding carboxylic acids is 3. The van der Waals surface area contributed by atoms with Crippen LogP contribution in [0, 0.1) is 0 Å². The van der Waals surface area contributed by atoms with Crippen molar-refractivity contribution < 1.29 is 14.4 Å². The largest absolute Gasteiger partial charge is 0.395 e. The van der Waals surface area contributed by atoms with E-state index in [1.165, 1.54) is 4.90 Å². The van der Waals surface area contributed by atoms with E-state index in [2.05, 4.69) is 28.5 Å². The van der Waals surface area contributed by atoms with Gasteiger partial charge in [-0.3, -0.25) is 24.3 Å². The van der Waals surface area contributed by atoms with Crippen LogP contribution < -0.4 is 21.7 Å². The van der Waals surface area contributed by atoms with Gasteiger partial charge in [0.2, 0.25) is 5.91 Å². The molecule has 36 heavy (non-hydrogen) atoms. The second-order valence-electron chi connectivity index (χ2n) is 9.23. The summed E-state index contributed by atoms with van der Waals surface area (Å²) in [6, 6.07) is 9.99. The SMILES string of the molecule is CC(C)c1ccc(N(C(=O)c2snc(C(N)=O)c2N)[C@H](C(=O)NC2CCCC2)c2ccncc2)cc1. The number of hydrogen-bond donors (Lipinski definition) is 3. The first kappa shape index (κ1) is 25.3. The van der Waals surface area contributed by atoms with Crippen LogP contribution in [0.1, 0.15) is 82.8 Å². The van der Waals surface area contributed by atoms with E-state index in [1.54, 1.807) is 24.5 Å². The summed E-state index contributed by atoms with van der Waals surface area (Å²) < 4.78 is 3.99. The molecule has 0 spiro atoms. The summed E-state index contributed by atoms with van der Waals surface area (Å²) in [4.78, 5) is 45.1. The van der Waals surface area contributed by atoms with Crippen LogP contribution in [-0.2, 0) is 4.79 Å². The lowest BCUT2D eigenvalue weighted by Gasteiger charge is -2.32. The first-order chi connectivity index (χ1) is 17.3. The molecule has 0 bridgehead atoms. The van der Waals surface area contributed by atoms with Crippen LogP contribution in [-0.4, -0.2) is 33.1 Å². The molecule has 188 valence electrons. The maximum absolute atomic E-state index is 14.0. The van der Waals surface area contributed by atoms with Crippen molar-refractivity contribution in [1.82, 2.24) is 14.7 Å². The molecule has 0 unspecified atom stereocenters. The fourth-order valence-corrected chi connectivity index (χ4v) is 5.20. The van der Waals surface area contributed by atoms with E-state index in [0.29, 0.717) is 17.2 Å². The van der Waals surface area contributed by atoms with Crippen LogP contribution in [0.3, 0.4) is 0 Å². The smallest absolute Gasteiger partial charge is 0.273 e. The van der Waals surface area contributed by atoms with Crippen LogP contribution >= 0.6 is 11.5 Å². The van der Waals surface area contributed by atoms with Gasteiger partial charge in [0.05, 0.1) is 5.69 Å². The van der Waals surface area contributed by atoms with Crippen LogP contribution in [0.2, 0.25) is 0 Å². The normalized spacial score (nSPS) is 14.5. The van der Waals surface area contributed by atoms with Gasteiger partial charge in [0.1, 0.15) is 10.9 Å². The first-order valence-corrected chi connectivity index (χ1v) is 12.7. The van der Waals surface area contributed by atoms with Crippen LogP contribution in [0.5, 0.6) is 0 Å². The molecule has 10 heteroatoms. The van der Waals surface area contributed by atoms with Gasteiger partial charge in [-0.25, -0.2) is 0 Å². The van der Waals surface area contributed by atoms with E-state index in [0.717, 1.165) is 42.8 Å². The Labute approximate surface area is 214 Å². The van der Waals surface area contributed by atoms with Crippen molar-refractivity contribution in [2.75, 3.05) is 10.6 Å². The molecule has 1 saturated carbocycles. The van der Waals surface area contributed by atoms with Gasteiger partial charge in [0, 0.05) is 24.1 Å². The predicted octanol–water partition coefficient (Wildman–Crippen LogP) is 3.79. The number of benzene rings is 1. The van der Waals surface area contributed by atoms with Crippen LogP contribution in [0.25, 0.3) is 0 Å². The van der Waals surface area contributed by atoms with Crippen molar-refractivity contribution in [3.63, 3.8) is 0 Å². The average molecular weight is 507 g/mol. The second-order valence-corrected chi connectivity index (χ2v) is 10.0. The Morgan fingerprint density at radius 2 is 1.67 bits per heavy atom. The number of nitrogens with two attached hydrogens (primary N) is 2. The minimum Gasteiger partial charge on any atom is -0.395 e. The molecule has 1 fully saturated rings. The summed E-state index contributed by atoms with van der Waals surface area (Å²) in [6.45, 7) is 4.16. The van der Waals surface area contributed by atoms with Crippen molar-refractivity contribution in [3.8, 4) is 0 Å². The molecule has 9 nitrogen and oxygen atoms in total. The molecule has 0 aliphatic heterocycles. The van der Waals surface area contributed by atoms with E-state index in [9.17, 15) is 14.4 Å². The number of primary amides is 1. The Morgan fingerprint density at radius 1 is 1.03 bits per heavy atom. The van der Waals surface area contributed by atoms with Crippen molar-refractivity contribution in [2.45, 2.75) is 57.5 Å². The topological polar surface area (TPSA) is 144 Å². The Morgan fingerprint density at radius 3 is 2.22 bits per heavy atom. The highest BCUT2D eigenvalue weighted by Gasteiger charge is 2.37. The Hall–Kier alpha value is -3.79. The Kier molecular flexibility index (Phi) is 7.64. The third-order valence-corrected chi connectivity index (χ3v) is 7.29. The highest BCUT2D eigenvalue weighted by molar-refractivity contribution is 7.09. The molecule has 3 amide bonds. The Balaban J connectivity index is 1.83. The third-order valence-electron chi connectivity index (χ3n) is 6.44. The van der Waals surface area contributed by atoms with Gasteiger partial charge < -0.3 is 16.8 Å². The van der Waals surface area contributed by atoms with Crippen molar-refractivity contribution in [2.24, 2.45) is 5.73 Å². The maximum Gasteiger partial charge on any atom is 0.273 e. The minimum absolute atomic E-state index is 0.0458. The predicted molar refractivity (Wildman–Crippen MR) is 140 cm³/mol. The van der Waals surface area contributed by atoms with Gasteiger partial charge in [-0.2, -0.15) is 4.37 Å². The molecule has 1 atom stereocenters. The summed E-state index contributed by atoms with van der Waals surface area (Å²) >= 11 is 0.790. The Bertz CT molecular complexity index is 1240. The van der Waals surface area contributed by atoms with Crippen LogP contribution in [0.15, 0.2) is 48.8 Å². The molecule has 3 aromatic rings. The number of nitrogens with one attached hydrogen (secondary N) is 1. The first-order valence-electron chi connectivity index (χ1n) is 12.0. The lowest BCUT2D eigenvalue weighted by atomic mass is 10.0. The molecule has 0 radical (unpaired) electrons. The van der Waals surface area contributed by atoms with Crippen molar-refractivity contribution in [1.29, 1.82) is 0 Å². The lowest BCUT2D eigenvalue weighted by molar-refractivity contribution is -0.123. The number of nitrogens with zero attached hydrogens (tertiary/aromatic N) is 3. The number of amides is 3. The van der Waals surface area contributed by atoms with E-state index in [1.807, 2.05) is 24.3 Å². The van der Waals surface area contributed by atoms with Gasteiger partial charge in [0.25, 0.3) is 11.8 Å². The number of pyridine rings is 1. The van der Waals surface area contributed by atoms with E-state index in [-0.39, 0.29) is 28.2 Å². The molecule has 0 saturated heterocycles. The molecule has 5 N–H and O–H groups in total. The standard InChI is InChI=1S/C26H30N6O3S/c1-15(2)16-7-9-19(10-8-16)32(26(35)23-20(27)21(24(28)33)31-36-23)22(17-11-13-29-14-12-17)25(34)30-18-5-3-4-6-18/h7-15,18,22H,3-6,27H2,1-2H3,(H2,28,33)(H,30,34)/t22-/m0/s1. The number of hydrogen-bond acceptors (Lipinski definition) is 7. The molecular formula is C26H30N6O3S.